The van der Waals surface area contributed by atoms with Crippen LogP contribution in [0.25, 0.3) is 0 Å². The van der Waals surface area contributed by atoms with Gasteiger partial charge >= 0.3 is 18.1 Å². The van der Waals surface area contributed by atoms with Crippen molar-refractivity contribution in [3.63, 3.8) is 0 Å². The highest BCUT2D eigenvalue weighted by Crippen LogP contribution is 2.52. The summed E-state index contributed by atoms with van der Waals surface area (Å²) in [6.07, 6.45) is 1.94. The fourth-order valence-electron chi connectivity index (χ4n) is 2.88. The first-order chi connectivity index (χ1) is 12.2. The molecule has 0 bridgehead atoms. The van der Waals surface area contributed by atoms with E-state index in [1.54, 1.807) is 19.9 Å². The first-order valence-electron chi connectivity index (χ1n) is 8.90. The van der Waals surface area contributed by atoms with Crippen LogP contribution >= 0.6 is 0 Å². The Kier molecular flexibility index (Phi) is 6.71. The van der Waals surface area contributed by atoms with E-state index in [9.17, 15) is 14.4 Å². The fraction of sp³-hybridized carbons (Fsp3) is 0.737. The van der Waals surface area contributed by atoms with Gasteiger partial charge < -0.3 is 18.6 Å². The van der Waals surface area contributed by atoms with Crippen molar-refractivity contribution in [1.82, 2.24) is 0 Å². The van der Waals surface area contributed by atoms with Gasteiger partial charge in [-0.15, -0.1) is 0 Å². The SMILES string of the molecule is COC(=O)OC(=O)C1(C)C(O[Si](C)(C)C(C)(C)C)C=CCC1(C)C(=O)OC. The van der Waals surface area contributed by atoms with Crippen LogP contribution in [-0.2, 0) is 28.2 Å². The third-order valence-electron chi connectivity index (χ3n) is 6.18. The Morgan fingerprint density at radius 2 is 1.59 bits per heavy atom. The molecule has 8 heteroatoms. The van der Waals surface area contributed by atoms with Crippen molar-refractivity contribution in [2.45, 2.75) is 65.3 Å². The lowest BCUT2D eigenvalue weighted by Crippen LogP contribution is -2.61. The first kappa shape index (κ1) is 23.4. The topological polar surface area (TPSA) is 88.1 Å². The van der Waals surface area contributed by atoms with E-state index in [-0.39, 0.29) is 11.5 Å². The molecule has 0 aromatic heterocycles. The molecule has 1 aliphatic carbocycles. The molecule has 0 spiro atoms. The summed E-state index contributed by atoms with van der Waals surface area (Å²) < 4.78 is 20.8. The van der Waals surface area contributed by atoms with Gasteiger partial charge in [0.15, 0.2) is 8.32 Å². The van der Waals surface area contributed by atoms with E-state index in [4.69, 9.17) is 13.9 Å². The number of esters is 2. The number of carbonyl (C=O) groups is 3. The number of methoxy groups -OCH3 is 2. The van der Waals surface area contributed by atoms with Crippen molar-refractivity contribution in [1.29, 1.82) is 0 Å². The van der Waals surface area contributed by atoms with Gasteiger partial charge in [-0.1, -0.05) is 32.9 Å². The van der Waals surface area contributed by atoms with E-state index in [1.807, 2.05) is 6.08 Å². The van der Waals surface area contributed by atoms with Gasteiger partial charge in [0.05, 0.1) is 25.7 Å². The van der Waals surface area contributed by atoms with Gasteiger partial charge in [0.2, 0.25) is 0 Å². The van der Waals surface area contributed by atoms with Crippen molar-refractivity contribution in [2.24, 2.45) is 10.8 Å². The third kappa shape index (κ3) is 4.11. The van der Waals surface area contributed by atoms with Crippen LogP contribution in [0, 0.1) is 10.8 Å². The monoisotopic (exact) mass is 400 g/mol. The maximum Gasteiger partial charge on any atom is 0.515 e. The second-order valence-electron chi connectivity index (χ2n) is 8.80. The maximum absolute atomic E-state index is 13.0. The molecule has 0 saturated heterocycles. The zero-order chi connectivity index (χ0) is 21.3. The van der Waals surface area contributed by atoms with Crippen molar-refractivity contribution in [2.75, 3.05) is 14.2 Å². The van der Waals surface area contributed by atoms with Gasteiger partial charge in [-0.2, -0.15) is 0 Å². The Balaban J connectivity index is 3.49. The molecular formula is C19H32O7Si. The first-order valence-corrected chi connectivity index (χ1v) is 11.8. The quantitative estimate of drug-likeness (QED) is 0.307. The third-order valence-corrected chi connectivity index (χ3v) is 10.6. The number of carbonyl (C=O) groups excluding carboxylic acids is 3. The van der Waals surface area contributed by atoms with Gasteiger partial charge in [-0.05, 0) is 38.4 Å². The lowest BCUT2D eigenvalue weighted by molar-refractivity contribution is -0.182. The summed E-state index contributed by atoms with van der Waals surface area (Å²) in [6, 6.07) is 0. The molecule has 0 radical (unpaired) electrons. The molecule has 1 aliphatic rings. The van der Waals surface area contributed by atoms with Crippen LogP contribution in [0.3, 0.4) is 0 Å². The maximum atomic E-state index is 13.0. The summed E-state index contributed by atoms with van der Waals surface area (Å²) in [6.45, 7) is 13.5. The predicted octanol–water partition coefficient (Wildman–Crippen LogP) is 3.83. The highest BCUT2D eigenvalue weighted by atomic mass is 28.4. The fourth-order valence-corrected chi connectivity index (χ4v) is 4.19. The van der Waals surface area contributed by atoms with Crippen molar-refractivity contribution < 1.29 is 33.0 Å². The molecule has 0 heterocycles. The molecule has 0 aliphatic heterocycles. The second kappa shape index (κ2) is 7.75. The molecule has 0 aromatic rings. The summed E-state index contributed by atoms with van der Waals surface area (Å²) in [5.74, 6) is -1.45. The molecule has 3 unspecified atom stereocenters. The minimum Gasteiger partial charge on any atom is -0.469 e. The van der Waals surface area contributed by atoms with E-state index in [1.165, 1.54) is 7.11 Å². The minimum atomic E-state index is -2.31. The van der Waals surface area contributed by atoms with Crippen LogP contribution in [0.5, 0.6) is 0 Å². The summed E-state index contributed by atoms with van der Waals surface area (Å²) in [4.78, 5) is 37.3. The molecule has 0 aromatic carbocycles. The van der Waals surface area contributed by atoms with Gasteiger partial charge in [-0.3, -0.25) is 9.59 Å². The Morgan fingerprint density at radius 3 is 2.04 bits per heavy atom. The highest BCUT2D eigenvalue weighted by Gasteiger charge is 2.63. The number of allylic oxidation sites excluding steroid dienone is 1. The van der Waals surface area contributed by atoms with Crippen LogP contribution in [0.1, 0.15) is 41.0 Å². The zero-order valence-corrected chi connectivity index (χ0v) is 18.8. The Labute approximate surface area is 162 Å². The lowest BCUT2D eigenvalue weighted by Gasteiger charge is -2.50. The van der Waals surface area contributed by atoms with Crippen LogP contribution in [0.2, 0.25) is 18.1 Å². The molecule has 0 amide bonds. The molecule has 0 fully saturated rings. The molecule has 0 saturated carbocycles. The van der Waals surface area contributed by atoms with E-state index in [2.05, 4.69) is 38.6 Å². The van der Waals surface area contributed by atoms with E-state index < -0.39 is 43.3 Å². The zero-order valence-electron chi connectivity index (χ0n) is 17.8. The minimum absolute atomic E-state index is 0.118. The van der Waals surface area contributed by atoms with Crippen molar-refractivity contribution in [3.05, 3.63) is 12.2 Å². The Bertz CT molecular complexity index is 634. The smallest absolute Gasteiger partial charge is 0.469 e. The number of rotatable bonds is 4. The van der Waals surface area contributed by atoms with Crippen molar-refractivity contribution in [3.8, 4) is 0 Å². The van der Waals surface area contributed by atoms with E-state index in [0.29, 0.717) is 0 Å². The molecule has 1 rings (SSSR count). The van der Waals surface area contributed by atoms with Gasteiger partial charge in [0.25, 0.3) is 0 Å². The summed E-state index contributed by atoms with van der Waals surface area (Å²) >= 11 is 0. The standard InChI is InChI=1S/C19H32O7Si/c1-17(2,3)27(8,9)26-13-11-10-12-18(4,14(20)23-6)19(13,5)15(21)25-16(22)24-7/h10-11,13H,12H2,1-9H3. The average Bonchev–Trinajstić information content (AvgIpc) is 2.56. The molecule has 0 N–H and O–H groups in total. The van der Waals surface area contributed by atoms with Crippen LogP contribution in [0.15, 0.2) is 12.2 Å². The second-order valence-corrected chi connectivity index (χ2v) is 13.6. The van der Waals surface area contributed by atoms with E-state index >= 15 is 0 Å². The van der Waals surface area contributed by atoms with E-state index in [0.717, 1.165) is 7.11 Å². The molecule has 154 valence electrons. The number of hydrogen-bond donors (Lipinski definition) is 0. The summed E-state index contributed by atoms with van der Waals surface area (Å²) in [5, 5.41) is -0.118. The molecule has 7 nitrogen and oxygen atoms in total. The molecule has 27 heavy (non-hydrogen) atoms. The summed E-state index contributed by atoms with van der Waals surface area (Å²) in [7, 11) is 0.0684. The normalized spacial score (nSPS) is 28.4. The average molecular weight is 401 g/mol. The van der Waals surface area contributed by atoms with Crippen LogP contribution in [-0.4, -0.2) is 46.7 Å². The lowest BCUT2D eigenvalue weighted by atomic mass is 9.58. The summed E-state index contributed by atoms with van der Waals surface area (Å²) in [5.41, 5.74) is -2.74. The van der Waals surface area contributed by atoms with Crippen molar-refractivity contribution >= 4 is 26.4 Å². The number of hydrogen-bond acceptors (Lipinski definition) is 7. The van der Waals surface area contributed by atoms with Crippen LogP contribution in [0.4, 0.5) is 4.79 Å². The number of ether oxygens (including phenoxy) is 3. The largest absolute Gasteiger partial charge is 0.515 e. The van der Waals surface area contributed by atoms with Gasteiger partial charge in [0.1, 0.15) is 5.41 Å². The highest BCUT2D eigenvalue weighted by molar-refractivity contribution is 6.74. The Morgan fingerprint density at radius 1 is 1.04 bits per heavy atom. The predicted molar refractivity (Wildman–Crippen MR) is 103 cm³/mol. The van der Waals surface area contributed by atoms with Crippen LogP contribution < -0.4 is 0 Å². The molecule has 3 atom stereocenters. The van der Waals surface area contributed by atoms with Gasteiger partial charge in [0, 0.05) is 0 Å². The van der Waals surface area contributed by atoms with Gasteiger partial charge in [-0.25, -0.2) is 4.79 Å². The Hall–Kier alpha value is -1.67. The molecular weight excluding hydrogens is 368 g/mol.